The molecule has 1 aromatic heterocycles. The number of aliphatic hydroxyl groups is 1. The smallest absolute Gasteiger partial charge is 0.242 e. The second kappa shape index (κ2) is 6.16. The first-order chi connectivity index (χ1) is 7.63. The monoisotopic (exact) mass is 227 g/mol. The summed E-state index contributed by atoms with van der Waals surface area (Å²) < 4.78 is 1.35. The molecule has 1 unspecified atom stereocenters. The Labute approximate surface area is 93.8 Å². The summed E-state index contributed by atoms with van der Waals surface area (Å²) in [6, 6.07) is -0.0195. The van der Waals surface area contributed by atoms with Crippen LogP contribution in [0.5, 0.6) is 0 Å². The van der Waals surface area contributed by atoms with Crippen LogP contribution < -0.4 is 5.32 Å². The summed E-state index contributed by atoms with van der Waals surface area (Å²) in [4.78, 5) is 11.6. The fourth-order valence-electron chi connectivity index (χ4n) is 1.36. The van der Waals surface area contributed by atoms with E-state index in [1.54, 1.807) is 0 Å². The standard InChI is InChI=1S/C9H17N5O2/c1-7(2)8(3-4-15)11-9(16)5-14-6-10-12-13-14/h6-8,15H,3-5H2,1-2H3,(H,11,16). The lowest BCUT2D eigenvalue weighted by molar-refractivity contribution is -0.123. The number of nitrogens with zero attached hydrogens (tertiary/aromatic N) is 4. The van der Waals surface area contributed by atoms with E-state index < -0.39 is 0 Å². The number of nitrogens with one attached hydrogen (secondary N) is 1. The van der Waals surface area contributed by atoms with Crippen LogP contribution in [0.25, 0.3) is 0 Å². The summed E-state index contributed by atoms with van der Waals surface area (Å²) >= 11 is 0. The van der Waals surface area contributed by atoms with Gasteiger partial charge in [0.1, 0.15) is 12.9 Å². The van der Waals surface area contributed by atoms with E-state index in [0.717, 1.165) is 0 Å². The van der Waals surface area contributed by atoms with Gasteiger partial charge in [-0.3, -0.25) is 4.79 Å². The maximum absolute atomic E-state index is 11.6. The highest BCUT2D eigenvalue weighted by Crippen LogP contribution is 2.05. The average Bonchev–Trinajstić information content (AvgIpc) is 2.69. The molecule has 2 N–H and O–H groups in total. The molecule has 0 radical (unpaired) electrons. The van der Waals surface area contributed by atoms with Crippen molar-refractivity contribution in [1.82, 2.24) is 25.5 Å². The van der Waals surface area contributed by atoms with E-state index in [-0.39, 0.29) is 31.0 Å². The average molecular weight is 227 g/mol. The lowest BCUT2D eigenvalue weighted by Gasteiger charge is -2.21. The Kier molecular flexibility index (Phi) is 4.84. The van der Waals surface area contributed by atoms with Gasteiger partial charge in [0.15, 0.2) is 0 Å². The van der Waals surface area contributed by atoms with Crippen LogP contribution in [0.2, 0.25) is 0 Å². The quantitative estimate of drug-likeness (QED) is 0.663. The van der Waals surface area contributed by atoms with Gasteiger partial charge in [0.2, 0.25) is 5.91 Å². The van der Waals surface area contributed by atoms with Crippen molar-refractivity contribution in [3.05, 3.63) is 6.33 Å². The molecule has 0 aliphatic rings. The first-order valence-corrected chi connectivity index (χ1v) is 5.24. The largest absolute Gasteiger partial charge is 0.396 e. The van der Waals surface area contributed by atoms with Crippen molar-refractivity contribution in [3.63, 3.8) is 0 Å². The molecule has 16 heavy (non-hydrogen) atoms. The van der Waals surface area contributed by atoms with Gasteiger partial charge in [-0.25, -0.2) is 4.68 Å². The van der Waals surface area contributed by atoms with Crippen molar-refractivity contribution in [1.29, 1.82) is 0 Å². The minimum Gasteiger partial charge on any atom is -0.396 e. The highest BCUT2D eigenvalue weighted by atomic mass is 16.3. The van der Waals surface area contributed by atoms with Crippen molar-refractivity contribution in [2.24, 2.45) is 5.92 Å². The zero-order valence-electron chi connectivity index (χ0n) is 9.50. The molecule has 0 fully saturated rings. The molecular weight excluding hydrogens is 210 g/mol. The van der Waals surface area contributed by atoms with Crippen molar-refractivity contribution in [2.75, 3.05) is 6.61 Å². The zero-order valence-corrected chi connectivity index (χ0v) is 9.50. The van der Waals surface area contributed by atoms with E-state index in [4.69, 9.17) is 5.11 Å². The number of carbonyl (C=O) groups is 1. The summed E-state index contributed by atoms with van der Waals surface area (Å²) in [5.74, 6) is 0.129. The van der Waals surface area contributed by atoms with Crippen molar-refractivity contribution < 1.29 is 9.90 Å². The fraction of sp³-hybridized carbons (Fsp3) is 0.778. The molecule has 0 aliphatic heterocycles. The Morgan fingerprint density at radius 3 is 2.81 bits per heavy atom. The number of aromatic nitrogens is 4. The number of amides is 1. The van der Waals surface area contributed by atoms with E-state index in [1.165, 1.54) is 11.0 Å². The molecule has 1 heterocycles. The molecule has 0 saturated heterocycles. The minimum atomic E-state index is -0.153. The van der Waals surface area contributed by atoms with Crippen LogP contribution in [0.15, 0.2) is 6.33 Å². The maximum Gasteiger partial charge on any atom is 0.242 e. The second-order valence-electron chi connectivity index (χ2n) is 3.94. The Morgan fingerprint density at radius 1 is 1.56 bits per heavy atom. The number of aliphatic hydroxyl groups excluding tert-OH is 1. The number of rotatable bonds is 6. The van der Waals surface area contributed by atoms with Crippen molar-refractivity contribution in [2.45, 2.75) is 32.9 Å². The van der Waals surface area contributed by atoms with Gasteiger partial charge in [-0.2, -0.15) is 0 Å². The van der Waals surface area contributed by atoms with Gasteiger partial charge in [0.05, 0.1) is 0 Å². The van der Waals surface area contributed by atoms with Gasteiger partial charge < -0.3 is 10.4 Å². The van der Waals surface area contributed by atoms with Crippen LogP contribution in [-0.2, 0) is 11.3 Å². The van der Waals surface area contributed by atoms with Crippen LogP contribution in [0.4, 0.5) is 0 Å². The molecule has 0 aliphatic carbocycles. The van der Waals surface area contributed by atoms with Crippen LogP contribution in [0, 0.1) is 5.92 Å². The van der Waals surface area contributed by atoms with E-state index >= 15 is 0 Å². The zero-order chi connectivity index (χ0) is 12.0. The van der Waals surface area contributed by atoms with Crippen LogP contribution >= 0.6 is 0 Å². The van der Waals surface area contributed by atoms with Crippen molar-refractivity contribution in [3.8, 4) is 0 Å². The topological polar surface area (TPSA) is 92.9 Å². The van der Waals surface area contributed by atoms with Gasteiger partial charge in [-0.15, -0.1) is 5.10 Å². The molecule has 7 heteroatoms. The van der Waals surface area contributed by atoms with E-state index in [1.807, 2.05) is 13.8 Å². The molecule has 1 atom stereocenters. The molecule has 90 valence electrons. The van der Waals surface area contributed by atoms with Crippen LogP contribution in [-0.4, -0.2) is 43.9 Å². The summed E-state index contributed by atoms with van der Waals surface area (Å²) in [5, 5.41) is 22.2. The third-order valence-electron chi connectivity index (χ3n) is 2.29. The highest BCUT2D eigenvalue weighted by Gasteiger charge is 2.15. The SMILES string of the molecule is CC(C)C(CCO)NC(=O)Cn1cnnn1. The molecule has 1 aromatic rings. The normalized spacial score (nSPS) is 12.8. The summed E-state index contributed by atoms with van der Waals surface area (Å²) in [7, 11) is 0. The third kappa shape index (κ3) is 3.93. The molecule has 1 rings (SSSR count). The summed E-state index contributed by atoms with van der Waals surface area (Å²) in [5.41, 5.74) is 0. The molecule has 0 spiro atoms. The van der Waals surface area contributed by atoms with Gasteiger partial charge >= 0.3 is 0 Å². The highest BCUT2D eigenvalue weighted by molar-refractivity contribution is 5.75. The Morgan fingerprint density at radius 2 is 2.31 bits per heavy atom. The van der Waals surface area contributed by atoms with Gasteiger partial charge in [-0.05, 0) is 22.8 Å². The predicted octanol–water partition coefficient (Wildman–Crippen LogP) is -0.804. The van der Waals surface area contributed by atoms with Crippen molar-refractivity contribution >= 4 is 5.91 Å². The lowest BCUT2D eigenvalue weighted by Crippen LogP contribution is -2.40. The Bertz CT molecular complexity index is 312. The molecule has 0 bridgehead atoms. The maximum atomic E-state index is 11.6. The minimum absolute atomic E-state index is 0.0195. The molecule has 0 aromatic carbocycles. The lowest BCUT2D eigenvalue weighted by atomic mass is 10.0. The van der Waals surface area contributed by atoms with E-state index in [2.05, 4.69) is 20.8 Å². The van der Waals surface area contributed by atoms with E-state index in [9.17, 15) is 4.79 Å². The first-order valence-electron chi connectivity index (χ1n) is 5.24. The predicted molar refractivity (Wildman–Crippen MR) is 56.3 cm³/mol. The van der Waals surface area contributed by atoms with Crippen LogP contribution in [0.1, 0.15) is 20.3 Å². The number of tetrazole rings is 1. The Balaban J connectivity index is 2.42. The molecular formula is C9H17N5O2. The molecule has 7 nitrogen and oxygen atoms in total. The summed E-state index contributed by atoms with van der Waals surface area (Å²) in [6.45, 7) is 4.16. The first kappa shape index (κ1) is 12.6. The fourth-order valence-corrected chi connectivity index (χ4v) is 1.36. The Hall–Kier alpha value is -1.50. The number of carbonyl (C=O) groups excluding carboxylic acids is 1. The van der Waals surface area contributed by atoms with E-state index in [0.29, 0.717) is 6.42 Å². The molecule has 0 saturated carbocycles. The van der Waals surface area contributed by atoms with Gasteiger partial charge in [0.25, 0.3) is 0 Å². The van der Waals surface area contributed by atoms with Gasteiger partial charge in [0, 0.05) is 12.6 Å². The molecule has 1 amide bonds. The van der Waals surface area contributed by atoms with Gasteiger partial charge in [-0.1, -0.05) is 13.8 Å². The number of hydrogen-bond donors (Lipinski definition) is 2. The van der Waals surface area contributed by atoms with Crippen LogP contribution in [0.3, 0.4) is 0 Å². The third-order valence-corrected chi connectivity index (χ3v) is 2.29. The number of hydrogen-bond acceptors (Lipinski definition) is 5. The second-order valence-corrected chi connectivity index (χ2v) is 3.94. The summed E-state index contributed by atoms with van der Waals surface area (Å²) in [6.07, 6.45) is 1.94.